The Morgan fingerprint density at radius 3 is 2.52 bits per heavy atom. The minimum absolute atomic E-state index is 0.287. The van der Waals surface area contributed by atoms with Crippen molar-refractivity contribution in [3.8, 4) is 5.75 Å². The van der Waals surface area contributed by atoms with Gasteiger partial charge in [0.25, 0.3) is 5.91 Å². The van der Waals surface area contributed by atoms with Crippen molar-refractivity contribution in [1.82, 2.24) is 0 Å². The summed E-state index contributed by atoms with van der Waals surface area (Å²) in [5.74, 6) is -0.982. The number of rotatable bonds is 5. The molecule has 0 saturated heterocycles. The van der Waals surface area contributed by atoms with Gasteiger partial charge in [-0.1, -0.05) is 6.07 Å². The Morgan fingerprint density at radius 2 is 1.86 bits per heavy atom. The van der Waals surface area contributed by atoms with Gasteiger partial charge in [-0.15, -0.1) is 0 Å². The number of benzene rings is 2. The quantitative estimate of drug-likeness (QED) is 0.729. The summed E-state index contributed by atoms with van der Waals surface area (Å²) in [7, 11) is 0. The number of nitrogens with one attached hydrogen (secondary N) is 1. The van der Waals surface area contributed by atoms with Crippen molar-refractivity contribution < 1.29 is 19.4 Å². The fourth-order valence-electron chi connectivity index (χ4n) is 1.65. The number of anilines is 2. The van der Waals surface area contributed by atoms with E-state index in [9.17, 15) is 9.59 Å². The first-order valence-electron chi connectivity index (χ1n) is 6.16. The van der Waals surface area contributed by atoms with Gasteiger partial charge in [0.05, 0.1) is 0 Å². The summed E-state index contributed by atoms with van der Waals surface area (Å²) in [6, 6.07) is 13.0. The van der Waals surface area contributed by atoms with Gasteiger partial charge in [0.2, 0.25) is 0 Å². The molecule has 0 heterocycles. The van der Waals surface area contributed by atoms with Crippen molar-refractivity contribution in [3.05, 3.63) is 54.1 Å². The molecule has 0 saturated carbocycles. The second kappa shape index (κ2) is 6.42. The van der Waals surface area contributed by atoms with Crippen LogP contribution in [0.5, 0.6) is 5.75 Å². The largest absolute Gasteiger partial charge is 0.482 e. The van der Waals surface area contributed by atoms with Gasteiger partial charge in [0.15, 0.2) is 6.61 Å². The van der Waals surface area contributed by atoms with Gasteiger partial charge in [-0.05, 0) is 36.4 Å². The van der Waals surface area contributed by atoms with Crippen LogP contribution in [0, 0.1) is 0 Å². The van der Waals surface area contributed by atoms with E-state index in [0.29, 0.717) is 22.7 Å². The summed E-state index contributed by atoms with van der Waals surface area (Å²) >= 11 is 0. The van der Waals surface area contributed by atoms with Crippen LogP contribution in [0.15, 0.2) is 48.5 Å². The lowest BCUT2D eigenvalue weighted by molar-refractivity contribution is -0.139. The van der Waals surface area contributed by atoms with Gasteiger partial charge in [0, 0.05) is 23.0 Å². The van der Waals surface area contributed by atoms with Crippen LogP contribution in [-0.4, -0.2) is 23.6 Å². The van der Waals surface area contributed by atoms with E-state index >= 15 is 0 Å². The molecule has 21 heavy (non-hydrogen) atoms. The molecule has 0 aliphatic carbocycles. The zero-order valence-corrected chi connectivity index (χ0v) is 11.1. The highest BCUT2D eigenvalue weighted by atomic mass is 16.5. The molecule has 6 heteroatoms. The van der Waals surface area contributed by atoms with Crippen LogP contribution >= 0.6 is 0 Å². The summed E-state index contributed by atoms with van der Waals surface area (Å²) in [4.78, 5) is 22.5. The predicted octanol–water partition coefficient (Wildman–Crippen LogP) is 1.98. The van der Waals surface area contributed by atoms with Crippen molar-refractivity contribution in [1.29, 1.82) is 0 Å². The first-order chi connectivity index (χ1) is 10.0. The van der Waals surface area contributed by atoms with E-state index in [1.807, 2.05) is 0 Å². The zero-order chi connectivity index (χ0) is 15.2. The maximum absolute atomic E-state index is 12.0. The zero-order valence-electron chi connectivity index (χ0n) is 11.1. The number of hydrogen-bond donors (Lipinski definition) is 3. The van der Waals surface area contributed by atoms with E-state index in [1.165, 1.54) is 0 Å². The molecule has 1 amide bonds. The molecule has 108 valence electrons. The smallest absolute Gasteiger partial charge is 0.341 e. The fraction of sp³-hybridized carbons (Fsp3) is 0.0667. The molecule has 2 rings (SSSR count). The highest BCUT2D eigenvalue weighted by Crippen LogP contribution is 2.18. The van der Waals surface area contributed by atoms with Crippen molar-refractivity contribution >= 4 is 23.3 Å². The monoisotopic (exact) mass is 286 g/mol. The van der Waals surface area contributed by atoms with Crippen LogP contribution in [0.25, 0.3) is 0 Å². The summed E-state index contributed by atoms with van der Waals surface area (Å²) in [5, 5.41) is 11.3. The number of carbonyl (C=O) groups excluding carboxylic acids is 1. The van der Waals surface area contributed by atoms with Gasteiger partial charge in [-0.2, -0.15) is 0 Å². The summed E-state index contributed by atoms with van der Waals surface area (Å²) in [6.45, 7) is -0.435. The number of aliphatic carboxylic acids is 1. The van der Waals surface area contributed by atoms with Crippen LogP contribution in [-0.2, 0) is 4.79 Å². The topological polar surface area (TPSA) is 102 Å². The third-order valence-corrected chi connectivity index (χ3v) is 2.63. The lowest BCUT2D eigenvalue weighted by atomic mass is 10.2. The molecule has 0 bridgehead atoms. The Bertz CT molecular complexity index is 653. The Balaban J connectivity index is 2.05. The molecule has 0 radical (unpaired) electrons. The number of hydrogen-bond acceptors (Lipinski definition) is 4. The summed E-state index contributed by atoms with van der Waals surface area (Å²) in [6.07, 6.45) is 0. The number of amides is 1. The molecule has 0 unspecified atom stereocenters. The number of carboxylic acids is 1. The number of ether oxygens (including phenoxy) is 1. The van der Waals surface area contributed by atoms with Crippen molar-refractivity contribution in [2.24, 2.45) is 0 Å². The SMILES string of the molecule is Nc1ccc(C(=O)Nc2cccc(OCC(=O)O)c2)cc1. The average Bonchev–Trinajstić information content (AvgIpc) is 2.46. The molecule has 0 aromatic heterocycles. The fourth-order valence-corrected chi connectivity index (χ4v) is 1.65. The van der Waals surface area contributed by atoms with E-state index in [2.05, 4.69) is 5.32 Å². The molecule has 0 aliphatic rings. The van der Waals surface area contributed by atoms with Crippen LogP contribution in [0.1, 0.15) is 10.4 Å². The Kier molecular flexibility index (Phi) is 4.40. The lowest BCUT2D eigenvalue weighted by Gasteiger charge is -2.08. The molecule has 4 N–H and O–H groups in total. The molecule has 2 aromatic carbocycles. The van der Waals surface area contributed by atoms with Crippen molar-refractivity contribution in [2.75, 3.05) is 17.7 Å². The molecule has 0 atom stereocenters. The third-order valence-electron chi connectivity index (χ3n) is 2.63. The van der Waals surface area contributed by atoms with Crippen molar-refractivity contribution in [3.63, 3.8) is 0 Å². The summed E-state index contributed by atoms with van der Waals surface area (Å²) < 4.78 is 5.04. The highest BCUT2D eigenvalue weighted by Gasteiger charge is 2.07. The second-order valence-corrected chi connectivity index (χ2v) is 4.29. The molecule has 2 aromatic rings. The number of carbonyl (C=O) groups is 2. The van der Waals surface area contributed by atoms with Gasteiger partial charge in [-0.25, -0.2) is 4.79 Å². The lowest BCUT2D eigenvalue weighted by Crippen LogP contribution is -2.12. The molecule has 0 aliphatic heterocycles. The third kappa shape index (κ3) is 4.24. The minimum Gasteiger partial charge on any atom is -0.482 e. The van der Waals surface area contributed by atoms with Crippen LogP contribution in [0.3, 0.4) is 0 Å². The first-order valence-corrected chi connectivity index (χ1v) is 6.16. The minimum atomic E-state index is -1.06. The highest BCUT2D eigenvalue weighted by molar-refractivity contribution is 6.04. The van der Waals surface area contributed by atoms with Gasteiger partial charge in [-0.3, -0.25) is 4.79 Å². The standard InChI is InChI=1S/C15H14N2O4/c16-11-6-4-10(5-7-11)15(20)17-12-2-1-3-13(8-12)21-9-14(18)19/h1-8H,9,16H2,(H,17,20)(H,18,19). The second-order valence-electron chi connectivity index (χ2n) is 4.29. The Morgan fingerprint density at radius 1 is 1.14 bits per heavy atom. The summed E-state index contributed by atoms with van der Waals surface area (Å²) in [5.41, 5.74) is 7.13. The number of nitrogens with two attached hydrogens (primary N) is 1. The first kappa shape index (κ1) is 14.4. The van der Waals surface area contributed by atoms with Gasteiger partial charge >= 0.3 is 5.97 Å². The van der Waals surface area contributed by atoms with E-state index in [-0.39, 0.29) is 5.91 Å². The normalized spacial score (nSPS) is 9.90. The Hall–Kier alpha value is -3.02. The molecular weight excluding hydrogens is 272 g/mol. The van der Waals surface area contributed by atoms with E-state index < -0.39 is 12.6 Å². The van der Waals surface area contributed by atoms with Gasteiger partial charge in [0.1, 0.15) is 5.75 Å². The molecule has 0 spiro atoms. The van der Waals surface area contributed by atoms with E-state index in [0.717, 1.165) is 0 Å². The van der Waals surface area contributed by atoms with E-state index in [1.54, 1.807) is 48.5 Å². The molecule has 6 nitrogen and oxygen atoms in total. The van der Waals surface area contributed by atoms with E-state index in [4.69, 9.17) is 15.6 Å². The van der Waals surface area contributed by atoms with Crippen LogP contribution in [0.4, 0.5) is 11.4 Å². The molecule has 0 fully saturated rings. The maximum Gasteiger partial charge on any atom is 0.341 e. The average molecular weight is 286 g/mol. The predicted molar refractivity (Wildman–Crippen MR) is 78.4 cm³/mol. The molecular formula is C15H14N2O4. The number of nitrogen functional groups attached to an aromatic ring is 1. The number of carboxylic acid groups (broad SMARTS) is 1. The van der Waals surface area contributed by atoms with Crippen molar-refractivity contribution in [2.45, 2.75) is 0 Å². The van der Waals surface area contributed by atoms with Crippen LogP contribution < -0.4 is 15.8 Å². The van der Waals surface area contributed by atoms with Crippen LogP contribution in [0.2, 0.25) is 0 Å². The maximum atomic E-state index is 12.0. The van der Waals surface area contributed by atoms with Gasteiger partial charge < -0.3 is 20.9 Å². The Labute approximate surface area is 121 Å².